The predicted octanol–water partition coefficient (Wildman–Crippen LogP) is 3.74. The fourth-order valence-electron chi connectivity index (χ4n) is 2.35. The molecule has 1 saturated carbocycles. The zero-order valence-corrected chi connectivity index (χ0v) is 9.30. The average Bonchev–Trinajstić information content (AvgIpc) is 2.18. The van der Waals surface area contributed by atoms with Gasteiger partial charge >= 0.3 is 0 Å². The molecule has 1 aliphatic carbocycles. The molecule has 0 spiro atoms. The van der Waals surface area contributed by atoms with Gasteiger partial charge in [0.15, 0.2) is 0 Å². The SMILES string of the molecule is C=CCCCC(=O)C1CCCC(C)C1. The summed E-state index contributed by atoms with van der Waals surface area (Å²) in [6.07, 6.45) is 9.47. The highest BCUT2D eigenvalue weighted by atomic mass is 16.1. The Kier molecular flexibility index (Phi) is 4.92. The Morgan fingerprint density at radius 3 is 2.93 bits per heavy atom. The number of allylic oxidation sites excluding steroid dienone is 1. The highest BCUT2D eigenvalue weighted by molar-refractivity contribution is 5.81. The van der Waals surface area contributed by atoms with Crippen LogP contribution < -0.4 is 0 Å². The fraction of sp³-hybridized carbons (Fsp3) is 0.769. The lowest BCUT2D eigenvalue weighted by Crippen LogP contribution is -2.21. The van der Waals surface area contributed by atoms with E-state index in [-0.39, 0.29) is 0 Å². The molecule has 0 N–H and O–H groups in total. The maximum absolute atomic E-state index is 11.8. The number of hydrogen-bond acceptors (Lipinski definition) is 1. The van der Waals surface area contributed by atoms with Crippen molar-refractivity contribution in [3.63, 3.8) is 0 Å². The van der Waals surface area contributed by atoms with Gasteiger partial charge in [0, 0.05) is 12.3 Å². The topological polar surface area (TPSA) is 17.1 Å². The normalized spacial score (nSPS) is 27.2. The summed E-state index contributed by atoms with van der Waals surface area (Å²) in [7, 11) is 0. The van der Waals surface area contributed by atoms with Crippen LogP contribution in [0.4, 0.5) is 0 Å². The van der Waals surface area contributed by atoms with Gasteiger partial charge in [-0.3, -0.25) is 4.79 Å². The summed E-state index contributed by atoms with van der Waals surface area (Å²) >= 11 is 0. The maximum Gasteiger partial charge on any atom is 0.135 e. The first kappa shape index (κ1) is 11.5. The molecule has 0 aromatic rings. The molecule has 0 radical (unpaired) electrons. The Morgan fingerprint density at radius 2 is 2.29 bits per heavy atom. The summed E-state index contributed by atoms with van der Waals surface area (Å²) in [5.41, 5.74) is 0. The van der Waals surface area contributed by atoms with Crippen molar-refractivity contribution in [3.8, 4) is 0 Å². The molecule has 2 atom stereocenters. The highest BCUT2D eigenvalue weighted by Crippen LogP contribution is 2.30. The highest BCUT2D eigenvalue weighted by Gasteiger charge is 2.23. The van der Waals surface area contributed by atoms with Crippen molar-refractivity contribution in [3.05, 3.63) is 12.7 Å². The van der Waals surface area contributed by atoms with Crippen molar-refractivity contribution in [1.29, 1.82) is 0 Å². The van der Waals surface area contributed by atoms with E-state index in [0.29, 0.717) is 11.7 Å². The molecule has 80 valence electrons. The van der Waals surface area contributed by atoms with Crippen molar-refractivity contribution in [2.45, 2.75) is 51.9 Å². The number of Topliss-reactive ketones (excluding diaryl/α,β-unsaturated/α-hetero) is 1. The van der Waals surface area contributed by atoms with Gasteiger partial charge in [-0.15, -0.1) is 6.58 Å². The van der Waals surface area contributed by atoms with Crippen LogP contribution in [-0.2, 0) is 4.79 Å². The third-order valence-corrected chi connectivity index (χ3v) is 3.22. The zero-order chi connectivity index (χ0) is 10.4. The Labute approximate surface area is 87.6 Å². The number of rotatable bonds is 5. The number of unbranched alkanes of at least 4 members (excludes halogenated alkanes) is 1. The monoisotopic (exact) mass is 194 g/mol. The van der Waals surface area contributed by atoms with Crippen molar-refractivity contribution in [2.75, 3.05) is 0 Å². The van der Waals surface area contributed by atoms with E-state index in [1.165, 1.54) is 12.8 Å². The lowest BCUT2D eigenvalue weighted by atomic mass is 9.79. The molecular formula is C13H22O. The second-order valence-corrected chi connectivity index (χ2v) is 4.62. The standard InChI is InChI=1S/C13H22O/c1-3-4-5-9-13(14)12-8-6-7-11(2)10-12/h3,11-12H,1,4-10H2,2H3. The Balaban J connectivity index is 2.25. The molecular weight excluding hydrogens is 172 g/mol. The van der Waals surface area contributed by atoms with Gasteiger partial charge in [0.05, 0.1) is 0 Å². The van der Waals surface area contributed by atoms with Crippen LogP contribution in [0.5, 0.6) is 0 Å². The van der Waals surface area contributed by atoms with Gasteiger partial charge in [0.1, 0.15) is 5.78 Å². The maximum atomic E-state index is 11.8. The predicted molar refractivity (Wildman–Crippen MR) is 60.2 cm³/mol. The first-order valence-corrected chi connectivity index (χ1v) is 5.87. The molecule has 0 aromatic heterocycles. The molecule has 14 heavy (non-hydrogen) atoms. The second-order valence-electron chi connectivity index (χ2n) is 4.62. The van der Waals surface area contributed by atoms with Gasteiger partial charge in [-0.2, -0.15) is 0 Å². The molecule has 0 heterocycles. The fourth-order valence-corrected chi connectivity index (χ4v) is 2.35. The minimum absolute atomic E-state index is 0.378. The summed E-state index contributed by atoms with van der Waals surface area (Å²) in [4.78, 5) is 11.8. The molecule has 1 aliphatic rings. The molecule has 0 amide bonds. The molecule has 0 aromatic carbocycles. The summed E-state index contributed by atoms with van der Waals surface area (Å²) in [5, 5.41) is 0. The van der Waals surface area contributed by atoms with Crippen LogP contribution in [0.25, 0.3) is 0 Å². The van der Waals surface area contributed by atoms with Crippen LogP contribution in [0.1, 0.15) is 51.9 Å². The zero-order valence-electron chi connectivity index (χ0n) is 9.30. The molecule has 1 heteroatoms. The van der Waals surface area contributed by atoms with Crippen LogP contribution in [0.3, 0.4) is 0 Å². The molecule has 1 nitrogen and oxygen atoms in total. The Bertz CT molecular complexity index is 195. The molecule has 0 aliphatic heterocycles. The molecule has 0 saturated heterocycles. The smallest absolute Gasteiger partial charge is 0.135 e. The minimum atomic E-state index is 0.378. The van der Waals surface area contributed by atoms with E-state index in [9.17, 15) is 4.79 Å². The minimum Gasteiger partial charge on any atom is -0.299 e. The largest absolute Gasteiger partial charge is 0.299 e. The summed E-state index contributed by atoms with van der Waals surface area (Å²) in [6, 6.07) is 0. The van der Waals surface area contributed by atoms with E-state index in [4.69, 9.17) is 0 Å². The lowest BCUT2D eigenvalue weighted by Gasteiger charge is -2.25. The van der Waals surface area contributed by atoms with Crippen molar-refractivity contribution >= 4 is 5.78 Å². The van der Waals surface area contributed by atoms with Crippen LogP contribution in [0.15, 0.2) is 12.7 Å². The van der Waals surface area contributed by atoms with E-state index < -0.39 is 0 Å². The number of ketones is 1. The second kappa shape index (κ2) is 6.00. The van der Waals surface area contributed by atoms with E-state index in [1.54, 1.807) is 0 Å². The molecule has 1 rings (SSSR count). The van der Waals surface area contributed by atoms with Gasteiger partial charge in [0.2, 0.25) is 0 Å². The Morgan fingerprint density at radius 1 is 1.50 bits per heavy atom. The van der Waals surface area contributed by atoms with Crippen molar-refractivity contribution in [1.82, 2.24) is 0 Å². The third-order valence-electron chi connectivity index (χ3n) is 3.22. The number of hydrogen-bond donors (Lipinski definition) is 0. The first-order chi connectivity index (χ1) is 6.74. The molecule has 1 fully saturated rings. The van der Waals surface area contributed by atoms with Crippen molar-refractivity contribution < 1.29 is 4.79 Å². The molecule has 2 unspecified atom stereocenters. The van der Waals surface area contributed by atoms with Gasteiger partial charge in [0.25, 0.3) is 0 Å². The third kappa shape index (κ3) is 3.65. The Hall–Kier alpha value is -0.590. The van der Waals surface area contributed by atoms with E-state index >= 15 is 0 Å². The summed E-state index contributed by atoms with van der Waals surface area (Å²) in [6.45, 7) is 5.94. The van der Waals surface area contributed by atoms with Crippen molar-refractivity contribution in [2.24, 2.45) is 11.8 Å². The van der Waals surface area contributed by atoms with E-state index in [1.807, 2.05) is 6.08 Å². The quantitative estimate of drug-likeness (QED) is 0.481. The first-order valence-electron chi connectivity index (χ1n) is 5.87. The lowest BCUT2D eigenvalue weighted by molar-refractivity contribution is -0.124. The van der Waals surface area contributed by atoms with Gasteiger partial charge in [-0.05, 0) is 31.6 Å². The molecule has 0 bridgehead atoms. The summed E-state index contributed by atoms with van der Waals surface area (Å²) < 4.78 is 0. The van der Waals surface area contributed by atoms with E-state index in [0.717, 1.165) is 38.0 Å². The van der Waals surface area contributed by atoms with Crippen LogP contribution in [0.2, 0.25) is 0 Å². The van der Waals surface area contributed by atoms with Gasteiger partial charge < -0.3 is 0 Å². The van der Waals surface area contributed by atoms with Gasteiger partial charge in [-0.25, -0.2) is 0 Å². The number of carbonyl (C=O) groups is 1. The van der Waals surface area contributed by atoms with Crippen LogP contribution in [-0.4, -0.2) is 5.78 Å². The average molecular weight is 194 g/mol. The van der Waals surface area contributed by atoms with Gasteiger partial charge in [-0.1, -0.05) is 25.8 Å². The van der Waals surface area contributed by atoms with E-state index in [2.05, 4.69) is 13.5 Å². The van der Waals surface area contributed by atoms with Crippen LogP contribution >= 0.6 is 0 Å². The number of carbonyl (C=O) groups excluding carboxylic acids is 1. The summed E-state index contributed by atoms with van der Waals surface area (Å²) in [5.74, 6) is 1.64. The van der Waals surface area contributed by atoms with Crippen LogP contribution in [0, 0.1) is 11.8 Å².